The van der Waals surface area contributed by atoms with Crippen molar-refractivity contribution in [3.05, 3.63) is 0 Å². The summed E-state index contributed by atoms with van der Waals surface area (Å²) in [5.41, 5.74) is -0.588. The number of ether oxygens (including phenoxy) is 3. The largest absolute Gasteiger partial charge is 0.458 e. The van der Waals surface area contributed by atoms with Gasteiger partial charge in [0, 0.05) is 6.54 Å². The monoisotopic (exact) mass is 259 g/mol. The summed E-state index contributed by atoms with van der Waals surface area (Å²) in [4.78, 5) is 25.1. The molecule has 1 saturated heterocycles. The van der Waals surface area contributed by atoms with E-state index in [0.717, 1.165) is 0 Å². The Morgan fingerprint density at radius 2 is 2.06 bits per heavy atom. The van der Waals surface area contributed by atoms with Crippen molar-refractivity contribution in [1.29, 1.82) is 0 Å². The van der Waals surface area contributed by atoms with E-state index in [9.17, 15) is 9.59 Å². The summed E-state index contributed by atoms with van der Waals surface area (Å²) in [6, 6.07) is -0.725. The zero-order chi connectivity index (χ0) is 13.8. The quantitative estimate of drug-likeness (QED) is 0.697. The lowest BCUT2D eigenvalue weighted by molar-refractivity contribution is -0.166. The van der Waals surface area contributed by atoms with Crippen LogP contribution in [-0.2, 0) is 19.0 Å². The average molecular weight is 259 g/mol. The Kier molecular flexibility index (Phi) is 4.95. The van der Waals surface area contributed by atoms with Gasteiger partial charge < -0.3 is 14.2 Å². The summed E-state index contributed by atoms with van der Waals surface area (Å²) in [6.45, 7) is 8.22. The van der Waals surface area contributed by atoms with Crippen LogP contribution in [0.2, 0.25) is 0 Å². The molecule has 0 aliphatic carbocycles. The third-order valence-corrected chi connectivity index (χ3v) is 2.31. The van der Waals surface area contributed by atoms with Crippen molar-refractivity contribution in [2.24, 2.45) is 0 Å². The molecule has 18 heavy (non-hydrogen) atoms. The minimum Gasteiger partial charge on any atom is -0.458 e. The molecule has 1 atom stereocenters. The van der Waals surface area contributed by atoms with Gasteiger partial charge in [-0.25, -0.2) is 9.59 Å². The smallest absolute Gasteiger partial charge is 0.410 e. The van der Waals surface area contributed by atoms with E-state index in [-0.39, 0.29) is 13.2 Å². The summed E-state index contributed by atoms with van der Waals surface area (Å²) < 4.78 is 15.4. The molecule has 0 unspecified atom stereocenters. The first-order valence-corrected chi connectivity index (χ1v) is 6.09. The Labute approximate surface area is 107 Å². The van der Waals surface area contributed by atoms with Gasteiger partial charge in [-0.2, -0.15) is 0 Å². The maximum Gasteiger partial charge on any atom is 0.410 e. The van der Waals surface area contributed by atoms with Crippen LogP contribution in [0.1, 0.15) is 27.7 Å². The predicted octanol–water partition coefficient (Wildman–Crippen LogP) is 1.19. The third-order valence-electron chi connectivity index (χ3n) is 2.31. The van der Waals surface area contributed by atoms with E-state index < -0.39 is 23.7 Å². The van der Waals surface area contributed by atoms with Gasteiger partial charge in [0.2, 0.25) is 0 Å². The van der Waals surface area contributed by atoms with Crippen LogP contribution >= 0.6 is 0 Å². The summed E-state index contributed by atoms with van der Waals surface area (Å²) >= 11 is 0. The highest BCUT2D eigenvalue weighted by molar-refractivity contribution is 5.82. The molecule has 104 valence electrons. The molecule has 6 heteroatoms. The molecule has 0 radical (unpaired) electrons. The van der Waals surface area contributed by atoms with Crippen LogP contribution < -0.4 is 0 Å². The van der Waals surface area contributed by atoms with Crippen molar-refractivity contribution < 1.29 is 23.8 Å². The molecule has 0 N–H and O–H groups in total. The van der Waals surface area contributed by atoms with E-state index >= 15 is 0 Å². The topological polar surface area (TPSA) is 65.1 Å². The van der Waals surface area contributed by atoms with E-state index in [0.29, 0.717) is 13.2 Å². The van der Waals surface area contributed by atoms with Crippen molar-refractivity contribution in [2.75, 3.05) is 26.4 Å². The first-order chi connectivity index (χ1) is 8.35. The maximum atomic E-state index is 12.0. The van der Waals surface area contributed by atoms with Gasteiger partial charge in [0.05, 0.1) is 19.8 Å². The maximum absolute atomic E-state index is 12.0. The molecule has 1 amide bonds. The van der Waals surface area contributed by atoms with E-state index in [1.807, 2.05) is 0 Å². The van der Waals surface area contributed by atoms with Crippen molar-refractivity contribution >= 4 is 12.1 Å². The zero-order valence-electron chi connectivity index (χ0n) is 11.4. The number of carbonyl (C=O) groups excluding carboxylic acids is 2. The molecule has 1 heterocycles. The molecule has 1 aliphatic heterocycles. The summed E-state index contributed by atoms with van der Waals surface area (Å²) in [6.07, 6.45) is -0.503. The second-order valence-electron chi connectivity index (χ2n) is 5.02. The zero-order valence-corrected chi connectivity index (χ0v) is 11.4. The Hall–Kier alpha value is -1.30. The molecule has 1 rings (SSSR count). The first-order valence-electron chi connectivity index (χ1n) is 6.09. The van der Waals surface area contributed by atoms with Crippen LogP contribution in [0.25, 0.3) is 0 Å². The van der Waals surface area contributed by atoms with E-state index in [2.05, 4.69) is 0 Å². The van der Waals surface area contributed by atoms with E-state index in [1.54, 1.807) is 27.7 Å². The lowest BCUT2D eigenvalue weighted by atomic mass is 10.2. The average Bonchev–Trinajstić information content (AvgIpc) is 2.27. The molecule has 0 spiro atoms. The lowest BCUT2D eigenvalue weighted by Crippen LogP contribution is -2.54. The molecular weight excluding hydrogens is 238 g/mol. The summed E-state index contributed by atoms with van der Waals surface area (Å²) in [5.74, 6) is -0.463. The molecule has 0 saturated carbocycles. The molecular formula is C12H21NO5. The van der Waals surface area contributed by atoms with Gasteiger partial charge >= 0.3 is 12.1 Å². The summed E-state index contributed by atoms with van der Waals surface area (Å²) in [5, 5.41) is 0. The van der Waals surface area contributed by atoms with Gasteiger partial charge in [-0.3, -0.25) is 4.90 Å². The van der Waals surface area contributed by atoms with Crippen molar-refractivity contribution in [1.82, 2.24) is 4.90 Å². The number of carbonyl (C=O) groups is 2. The lowest BCUT2D eigenvalue weighted by Gasteiger charge is -2.34. The second-order valence-corrected chi connectivity index (χ2v) is 5.02. The fourth-order valence-electron chi connectivity index (χ4n) is 1.59. The number of hydrogen-bond acceptors (Lipinski definition) is 5. The standard InChI is InChI=1S/C12H21NO5/c1-5-17-11(15)13-6-7-16-8-9(13)10(14)18-12(2,3)4/h9H,5-8H2,1-4H3/t9-/m1/s1. The number of morpholine rings is 1. The van der Waals surface area contributed by atoms with Gasteiger partial charge in [0.15, 0.2) is 6.04 Å². The van der Waals surface area contributed by atoms with Crippen LogP contribution in [0.15, 0.2) is 0 Å². The Morgan fingerprint density at radius 3 is 2.61 bits per heavy atom. The van der Waals surface area contributed by atoms with Crippen LogP contribution in [0, 0.1) is 0 Å². The number of amides is 1. The normalized spacial score (nSPS) is 20.4. The molecule has 0 aromatic rings. The summed E-state index contributed by atoms with van der Waals surface area (Å²) in [7, 11) is 0. The molecule has 0 aromatic heterocycles. The predicted molar refractivity (Wildman–Crippen MR) is 64.2 cm³/mol. The van der Waals surface area contributed by atoms with Crippen LogP contribution in [0.5, 0.6) is 0 Å². The second kappa shape index (κ2) is 6.04. The van der Waals surface area contributed by atoms with E-state index in [1.165, 1.54) is 4.90 Å². The van der Waals surface area contributed by atoms with Gasteiger partial charge in [-0.15, -0.1) is 0 Å². The minimum absolute atomic E-state index is 0.147. The highest BCUT2D eigenvalue weighted by Gasteiger charge is 2.36. The van der Waals surface area contributed by atoms with Crippen molar-refractivity contribution in [3.8, 4) is 0 Å². The first kappa shape index (κ1) is 14.8. The Bertz CT molecular complexity index is 310. The molecule has 1 fully saturated rings. The molecule has 0 aromatic carbocycles. The third kappa shape index (κ3) is 4.18. The van der Waals surface area contributed by atoms with Gasteiger partial charge in [0.25, 0.3) is 0 Å². The van der Waals surface area contributed by atoms with Crippen LogP contribution in [0.3, 0.4) is 0 Å². The fraction of sp³-hybridized carbons (Fsp3) is 0.833. The minimum atomic E-state index is -0.725. The van der Waals surface area contributed by atoms with Crippen molar-refractivity contribution in [3.63, 3.8) is 0 Å². The van der Waals surface area contributed by atoms with E-state index in [4.69, 9.17) is 14.2 Å². The Balaban J connectivity index is 2.70. The van der Waals surface area contributed by atoms with Crippen molar-refractivity contribution in [2.45, 2.75) is 39.3 Å². The van der Waals surface area contributed by atoms with Crippen LogP contribution in [0.4, 0.5) is 4.79 Å². The molecule has 1 aliphatic rings. The molecule has 6 nitrogen and oxygen atoms in total. The van der Waals surface area contributed by atoms with Crippen LogP contribution in [-0.4, -0.2) is 55.0 Å². The Morgan fingerprint density at radius 1 is 1.39 bits per heavy atom. The highest BCUT2D eigenvalue weighted by Crippen LogP contribution is 2.15. The highest BCUT2D eigenvalue weighted by atomic mass is 16.6. The number of nitrogens with zero attached hydrogens (tertiary/aromatic N) is 1. The number of hydrogen-bond donors (Lipinski definition) is 0. The number of esters is 1. The van der Waals surface area contributed by atoms with Gasteiger partial charge in [-0.05, 0) is 27.7 Å². The number of rotatable bonds is 2. The SMILES string of the molecule is CCOC(=O)N1CCOC[C@@H]1C(=O)OC(C)(C)C. The fourth-order valence-corrected chi connectivity index (χ4v) is 1.59. The molecule has 0 bridgehead atoms. The van der Waals surface area contributed by atoms with Gasteiger partial charge in [0.1, 0.15) is 5.60 Å². The van der Waals surface area contributed by atoms with Gasteiger partial charge in [-0.1, -0.05) is 0 Å².